The number of halogens is 4. The number of rotatable bonds is 2. The zero-order valence-corrected chi connectivity index (χ0v) is 10.5. The highest BCUT2D eigenvalue weighted by molar-refractivity contribution is 6.07. The molecule has 1 aromatic carbocycles. The number of amides is 1. The molecule has 0 aromatic heterocycles. The van der Waals surface area contributed by atoms with E-state index in [1.807, 2.05) is 0 Å². The van der Waals surface area contributed by atoms with Crippen molar-refractivity contribution in [2.75, 3.05) is 11.9 Å². The van der Waals surface area contributed by atoms with E-state index in [0.29, 0.717) is 11.3 Å². The summed E-state index contributed by atoms with van der Waals surface area (Å²) >= 11 is 0. The third-order valence-corrected chi connectivity index (χ3v) is 3.60. The van der Waals surface area contributed by atoms with Gasteiger partial charge in [-0.05, 0) is 37.1 Å². The summed E-state index contributed by atoms with van der Waals surface area (Å²) in [7, 11) is 1.48. The highest BCUT2D eigenvalue weighted by Gasteiger charge is 2.47. The standard InChI is InChI=1S/C13H13F4NO/c1-12(5-6-13(15,16)17)9-7-8(14)3-4-10(9)18(2)11(12)19/h3-4,7H,5-6H2,1-2H3. The number of carbonyl (C=O) groups excluding carboxylic acids is 1. The maximum atomic E-state index is 13.3. The molecule has 0 radical (unpaired) electrons. The lowest BCUT2D eigenvalue weighted by atomic mass is 9.79. The molecule has 1 aromatic rings. The Morgan fingerprint density at radius 1 is 1.32 bits per heavy atom. The van der Waals surface area contributed by atoms with E-state index >= 15 is 0 Å². The molecule has 1 aliphatic rings. The van der Waals surface area contributed by atoms with Gasteiger partial charge in [-0.1, -0.05) is 0 Å². The van der Waals surface area contributed by atoms with Crippen LogP contribution in [0.5, 0.6) is 0 Å². The Morgan fingerprint density at radius 3 is 2.53 bits per heavy atom. The van der Waals surface area contributed by atoms with Crippen LogP contribution in [0.4, 0.5) is 23.2 Å². The first-order valence-corrected chi connectivity index (χ1v) is 5.80. The first-order chi connectivity index (χ1) is 8.65. The van der Waals surface area contributed by atoms with Gasteiger partial charge < -0.3 is 4.90 Å². The van der Waals surface area contributed by atoms with E-state index < -0.39 is 29.7 Å². The van der Waals surface area contributed by atoms with Crippen molar-refractivity contribution in [3.8, 4) is 0 Å². The Labute approximate surface area is 108 Å². The van der Waals surface area contributed by atoms with Crippen LogP contribution in [0.2, 0.25) is 0 Å². The van der Waals surface area contributed by atoms with E-state index in [2.05, 4.69) is 0 Å². The maximum Gasteiger partial charge on any atom is 0.389 e. The molecule has 0 fully saturated rings. The fourth-order valence-corrected chi connectivity index (χ4v) is 2.47. The quantitative estimate of drug-likeness (QED) is 0.757. The average molecular weight is 275 g/mol. The molecule has 6 heteroatoms. The second-order valence-electron chi connectivity index (χ2n) is 4.97. The van der Waals surface area contributed by atoms with Crippen molar-refractivity contribution in [1.82, 2.24) is 0 Å². The Bertz CT molecular complexity index is 526. The smallest absolute Gasteiger partial charge is 0.314 e. The van der Waals surface area contributed by atoms with Gasteiger partial charge in [0.25, 0.3) is 0 Å². The van der Waals surface area contributed by atoms with Gasteiger partial charge in [-0.2, -0.15) is 13.2 Å². The van der Waals surface area contributed by atoms with Crippen LogP contribution in [-0.2, 0) is 10.2 Å². The van der Waals surface area contributed by atoms with Gasteiger partial charge in [-0.15, -0.1) is 0 Å². The lowest BCUT2D eigenvalue weighted by Gasteiger charge is -2.23. The Kier molecular flexibility index (Phi) is 3.07. The summed E-state index contributed by atoms with van der Waals surface area (Å²) in [4.78, 5) is 13.4. The Balaban J connectivity index is 2.41. The van der Waals surface area contributed by atoms with Crippen molar-refractivity contribution in [2.45, 2.75) is 31.4 Å². The van der Waals surface area contributed by atoms with Crippen LogP contribution in [0, 0.1) is 5.82 Å². The van der Waals surface area contributed by atoms with E-state index in [1.165, 1.54) is 31.0 Å². The molecule has 0 bridgehead atoms. The van der Waals surface area contributed by atoms with Crippen LogP contribution >= 0.6 is 0 Å². The maximum absolute atomic E-state index is 13.3. The van der Waals surface area contributed by atoms with Crippen molar-refractivity contribution in [3.05, 3.63) is 29.6 Å². The SMILES string of the molecule is CN1C(=O)C(C)(CCC(F)(F)F)c2cc(F)ccc21. The van der Waals surface area contributed by atoms with Gasteiger partial charge in [0.1, 0.15) is 5.82 Å². The fraction of sp³-hybridized carbons (Fsp3) is 0.462. The van der Waals surface area contributed by atoms with Gasteiger partial charge >= 0.3 is 6.18 Å². The Hall–Kier alpha value is -1.59. The Morgan fingerprint density at radius 2 is 1.95 bits per heavy atom. The molecule has 0 saturated heterocycles. The van der Waals surface area contributed by atoms with E-state index in [4.69, 9.17) is 0 Å². The average Bonchev–Trinajstić information content (AvgIpc) is 2.49. The minimum atomic E-state index is -4.34. The number of benzene rings is 1. The van der Waals surface area contributed by atoms with Gasteiger partial charge in [0.2, 0.25) is 5.91 Å². The third kappa shape index (κ3) is 2.31. The molecule has 2 rings (SSSR count). The van der Waals surface area contributed by atoms with Crippen LogP contribution < -0.4 is 4.90 Å². The summed E-state index contributed by atoms with van der Waals surface area (Å²) in [6.07, 6.45) is -5.78. The van der Waals surface area contributed by atoms with Gasteiger partial charge in [0, 0.05) is 19.2 Å². The molecule has 104 valence electrons. The number of hydrogen-bond donors (Lipinski definition) is 0. The number of anilines is 1. The van der Waals surface area contributed by atoms with Crippen molar-refractivity contribution in [1.29, 1.82) is 0 Å². The molecular weight excluding hydrogens is 262 g/mol. The van der Waals surface area contributed by atoms with Crippen LogP contribution in [0.1, 0.15) is 25.3 Å². The summed E-state index contributed by atoms with van der Waals surface area (Å²) in [5.74, 6) is -0.988. The van der Waals surface area contributed by atoms with Gasteiger partial charge in [-0.3, -0.25) is 4.79 Å². The zero-order chi connectivity index (χ0) is 14.4. The molecular formula is C13H13F4NO. The molecule has 1 amide bonds. The molecule has 2 nitrogen and oxygen atoms in total. The highest BCUT2D eigenvalue weighted by atomic mass is 19.4. The predicted molar refractivity (Wildman–Crippen MR) is 62.5 cm³/mol. The second kappa shape index (κ2) is 4.21. The molecule has 1 atom stereocenters. The summed E-state index contributed by atoms with van der Waals surface area (Å²) in [5.41, 5.74) is -0.526. The number of alkyl halides is 3. The fourth-order valence-electron chi connectivity index (χ4n) is 2.47. The summed E-state index contributed by atoms with van der Waals surface area (Å²) < 4.78 is 50.4. The van der Waals surface area contributed by atoms with Crippen LogP contribution in [-0.4, -0.2) is 19.1 Å². The zero-order valence-electron chi connectivity index (χ0n) is 10.5. The molecule has 0 aliphatic carbocycles. The minimum absolute atomic E-state index is 0.323. The minimum Gasteiger partial charge on any atom is -0.314 e. The predicted octanol–water partition coefficient (Wildman–Crippen LogP) is 3.40. The number of hydrogen-bond acceptors (Lipinski definition) is 1. The third-order valence-electron chi connectivity index (χ3n) is 3.60. The first kappa shape index (κ1) is 13.8. The largest absolute Gasteiger partial charge is 0.389 e. The van der Waals surface area contributed by atoms with Gasteiger partial charge in [0.15, 0.2) is 0 Å². The summed E-state index contributed by atoms with van der Waals surface area (Å²) in [6, 6.07) is 3.76. The molecule has 1 heterocycles. The molecule has 0 saturated carbocycles. The molecule has 1 aliphatic heterocycles. The van der Waals surface area contributed by atoms with E-state index in [0.717, 1.165) is 6.07 Å². The van der Waals surface area contributed by atoms with Crippen molar-refractivity contribution < 1.29 is 22.4 Å². The van der Waals surface area contributed by atoms with Gasteiger partial charge in [-0.25, -0.2) is 4.39 Å². The normalized spacial score (nSPS) is 22.8. The number of carbonyl (C=O) groups is 1. The topological polar surface area (TPSA) is 20.3 Å². The lowest BCUT2D eigenvalue weighted by molar-refractivity contribution is -0.141. The highest BCUT2D eigenvalue weighted by Crippen LogP contribution is 2.45. The van der Waals surface area contributed by atoms with E-state index in [1.54, 1.807) is 0 Å². The van der Waals surface area contributed by atoms with E-state index in [9.17, 15) is 22.4 Å². The summed E-state index contributed by atoms with van der Waals surface area (Å²) in [6.45, 7) is 1.43. The number of nitrogens with zero attached hydrogens (tertiary/aromatic N) is 1. The molecule has 0 N–H and O–H groups in total. The first-order valence-electron chi connectivity index (χ1n) is 5.80. The molecule has 0 spiro atoms. The number of fused-ring (bicyclic) bond motifs is 1. The number of likely N-dealkylation sites (N-methyl/N-ethyl adjacent to an activating group) is 1. The second-order valence-corrected chi connectivity index (χ2v) is 4.97. The van der Waals surface area contributed by atoms with Crippen LogP contribution in [0.3, 0.4) is 0 Å². The van der Waals surface area contributed by atoms with Crippen LogP contribution in [0.15, 0.2) is 18.2 Å². The lowest BCUT2D eigenvalue weighted by Crippen LogP contribution is -2.37. The summed E-state index contributed by atoms with van der Waals surface area (Å²) in [5, 5.41) is 0. The van der Waals surface area contributed by atoms with E-state index in [-0.39, 0.29) is 6.42 Å². The molecule has 19 heavy (non-hydrogen) atoms. The van der Waals surface area contributed by atoms with Crippen molar-refractivity contribution in [3.63, 3.8) is 0 Å². The molecule has 1 unspecified atom stereocenters. The van der Waals surface area contributed by atoms with Gasteiger partial charge in [0.05, 0.1) is 5.41 Å². The monoisotopic (exact) mass is 275 g/mol. The van der Waals surface area contributed by atoms with Crippen LogP contribution in [0.25, 0.3) is 0 Å². The van der Waals surface area contributed by atoms with Crippen molar-refractivity contribution in [2.24, 2.45) is 0 Å². The van der Waals surface area contributed by atoms with Crippen molar-refractivity contribution >= 4 is 11.6 Å².